The molecule has 4 heteroatoms. The van der Waals surface area contributed by atoms with Crippen LogP contribution in [0.4, 0.5) is 0 Å². The number of aliphatic hydroxyl groups excluding tert-OH is 1. The van der Waals surface area contributed by atoms with Gasteiger partial charge in [-0.1, -0.05) is 0 Å². The van der Waals surface area contributed by atoms with E-state index < -0.39 is 12.1 Å². The van der Waals surface area contributed by atoms with Gasteiger partial charge in [0, 0.05) is 0 Å². The van der Waals surface area contributed by atoms with Gasteiger partial charge in [0.15, 0.2) is 6.10 Å². The first kappa shape index (κ1) is 10.5. The van der Waals surface area contributed by atoms with Gasteiger partial charge in [-0.3, -0.25) is 0 Å². The van der Waals surface area contributed by atoms with Gasteiger partial charge >= 0.3 is 5.97 Å². The van der Waals surface area contributed by atoms with Crippen LogP contribution in [0.2, 0.25) is 0 Å². The molecule has 0 saturated heterocycles. The second-order valence-corrected chi connectivity index (χ2v) is 3.44. The Bertz CT molecular complexity index is 166. The lowest BCUT2D eigenvalue weighted by Crippen LogP contribution is -2.28. The molecule has 0 aromatic carbocycles. The second-order valence-electron chi connectivity index (χ2n) is 3.44. The molecule has 1 atom stereocenters. The van der Waals surface area contributed by atoms with Crippen molar-refractivity contribution in [3.05, 3.63) is 0 Å². The van der Waals surface area contributed by atoms with E-state index in [1.54, 1.807) is 0 Å². The highest BCUT2D eigenvalue weighted by Crippen LogP contribution is 2.21. The summed E-state index contributed by atoms with van der Waals surface area (Å²) in [5.41, 5.74) is 5.21. The number of aliphatic hydroxyl groups is 1. The van der Waals surface area contributed by atoms with Crippen molar-refractivity contribution in [1.29, 1.82) is 0 Å². The molecular formula is C9H17NO3. The predicted molar refractivity (Wildman–Crippen MR) is 48.0 cm³/mol. The van der Waals surface area contributed by atoms with E-state index in [0.29, 0.717) is 6.54 Å². The summed E-state index contributed by atoms with van der Waals surface area (Å²) in [6, 6.07) is 0. The Morgan fingerprint density at radius 2 is 2.15 bits per heavy atom. The number of carbonyl (C=O) groups is 1. The molecule has 0 aromatic heterocycles. The molecule has 1 rings (SSSR count). The highest BCUT2D eigenvalue weighted by atomic mass is 16.6. The van der Waals surface area contributed by atoms with Crippen molar-refractivity contribution < 1.29 is 14.6 Å². The number of nitrogens with two attached hydrogens (primary N) is 1. The molecule has 0 bridgehead atoms. The van der Waals surface area contributed by atoms with Crippen LogP contribution in [0.15, 0.2) is 0 Å². The Balaban J connectivity index is 2.22. The lowest BCUT2D eigenvalue weighted by molar-refractivity contribution is -0.159. The third-order valence-corrected chi connectivity index (χ3v) is 2.30. The first-order valence-corrected chi connectivity index (χ1v) is 4.82. The number of carbonyl (C=O) groups excluding carboxylic acids is 1. The van der Waals surface area contributed by atoms with Crippen LogP contribution in [0, 0.1) is 0 Å². The third-order valence-electron chi connectivity index (χ3n) is 2.30. The summed E-state index contributed by atoms with van der Waals surface area (Å²) in [4.78, 5) is 11.2. The molecule has 0 unspecified atom stereocenters. The van der Waals surface area contributed by atoms with Crippen LogP contribution in [0.3, 0.4) is 0 Å². The van der Waals surface area contributed by atoms with Gasteiger partial charge in [-0.25, -0.2) is 4.79 Å². The van der Waals surface area contributed by atoms with Gasteiger partial charge in [0.25, 0.3) is 0 Å². The minimum absolute atomic E-state index is 0.0277. The summed E-state index contributed by atoms with van der Waals surface area (Å²) < 4.78 is 5.08. The Labute approximate surface area is 78.1 Å². The minimum atomic E-state index is -1.04. The van der Waals surface area contributed by atoms with Crippen LogP contribution < -0.4 is 5.73 Å². The minimum Gasteiger partial charge on any atom is -0.460 e. The summed E-state index contributed by atoms with van der Waals surface area (Å²) in [5, 5.41) is 9.22. The number of hydrogen-bond donors (Lipinski definition) is 2. The lowest BCUT2D eigenvalue weighted by Gasteiger charge is -2.14. The van der Waals surface area contributed by atoms with Gasteiger partial charge in [0.1, 0.15) is 6.10 Å². The fourth-order valence-corrected chi connectivity index (χ4v) is 1.52. The van der Waals surface area contributed by atoms with E-state index in [9.17, 15) is 9.90 Å². The topological polar surface area (TPSA) is 72.5 Å². The average Bonchev–Trinajstić information content (AvgIpc) is 2.57. The molecule has 0 spiro atoms. The zero-order chi connectivity index (χ0) is 9.68. The first-order chi connectivity index (χ1) is 6.24. The maximum Gasteiger partial charge on any atom is 0.335 e. The van der Waals surface area contributed by atoms with Crippen LogP contribution in [-0.2, 0) is 9.53 Å². The molecule has 76 valence electrons. The molecule has 3 N–H and O–H groups in total. The van der Waals surface area contributed by atoms with Crippen molar-refractivity contribution >= 4 is 5.97 Å². The fourth-order valence-electron chi connectivity index (χ4n) is 1.52. The summed E-state index contributed by atoms with van der Waals surface area (Å²) in [6.45, 7) is 0.306. The predicted octanol–water partition coefficient (Wildman–Crippen LogP) is 0.182. The zero-order valence-corrected chi connectivity index (χ0v) is 7.74. The maximum absolute atomic E-state index is 11.2. The summed E-state index contributed by atoms with van der Waals surface area (Å²) in [5.74, 6) is -0.516. The smallest absolute Gasteiger partial charge is 0.335 e. The molecule has 0 aromatic rings. The Morgan fingerprint density at radius 1 is 1.54 bits per heavy atom. The normalized spacial score (nSPS) is 20.2. The fraction of sp³-hybridized carbons (Fsp3) is 0.889. The van der Waals surface area contributed by atoms with Gasteiger partial charge in [-0.15, -0.1) is 0 Å². The number of rotatable bonds is 4. The van der Waals surface area contributed by atoms with E-state index in [0.717, 1.165) is 25.7 Å². The second kappa shape index (κ2) is 5.19. The molecule has 1 aliphatic carbocycles. The monoisotopic (exact) mass is 187 g/mol. The Hall–Kier alpha value is -0.610. The van der Waals surface area contributed by atoms with Crippen LogP contribution in [0.1, 0.15) is 32.1 Å². The molecule has 4 nitrogen and oxygen atoms in total. The van der Waals surface area contributed by atoms with Crippen molar-refractivity contribution in [2.24, 2.45) is 5.73 Å². The Morgan fingerprint density at radius 3 is 2.69 bits per heavy atom. The van der Waals surface area contributed by atoms with E-state index in [-0.39, 0.29) is 12.5 Å². The number of ether oxygens (including phenoxy) is 1. The summed E-state index contributed by atoms with van der Waals surface area (Å²) >= 11 is 0. The van der Waals surface area contributed by atoms with Crippen molar-refractivity contribution in [3.63, 3.8) is 0 Å². The van der Waals surface area contributed by atoms with Crippen molar-refractivity contribution in [3.8, 4) is 0 Å². The molecule has 0 amide bonds. The number of esters is 1. The van der Waals surface area contributed by atoms with Gasteiger partial charge < -0.3 is 15.6 Å². The number of hydrogen-bond acceptors (Lipinski definition) is 4. The third kappa shape index (κ3) is 3.32. The summed E-state index contributed by atoms with van der Waals surface area (Å²) in [7, 11) is 0. The molecule has 1 saturated carbocycles. The average molecular weight is 187 g/mol. The van der Waals surface area contributed by atoms with Crippen LogP contribution in [-0.4, -0.2) is 29.8 Å². The van der Waals surface area contributed by atoms with E-state index in [1.807, 2.05) is 0 Å². The van der Waals surface area contributed by atoms with Crippen molar-refractivity contribution in [1.82, 2.24) is 0 Å². The van der Waals surface area contributed by atoms with Crippen LogP contribution in [0.5, 0.6) is 0 Å². The van der Waals surface area contributed by atoms with Crippen molar-refractivity contribution in [2.75, 3.05) is 6.54 Å². The van der Waals surface area contributed by atoms with Crippen LogP contribution >= 0.6 is 0 Å². The highest BCUT2D eigenvalue weighted by molar-refractivity contribution is 5.74. The molecule has 1 fully saturated rings. The quantitative estimate of drug-likeness (QED) is 0.616. The van der Waals surface area contributed by atoms with E-state index in [2.05, 4.69) is 0 Å². The van der Waals surface area contributed by atoms with E-state index >= 15 is 0 Å². The molecule has 0 radical (unpaired) electrons. The maximum atomic E-state index is 11.2. The lowest BCUT2D eigenvalue weighted by atomic mass is 10.2. The van der Waals surface area contributed by atoms with Crippen molar-refractivity contribution in [2.45, 2.75) is 44.3 Å². The van der Waals surface area contributed by atoms with Crippen LogP contribution in [0.25, 0.3) is 0 Å². The van der Waals surface area contributed by atoms with Gasteiger partial charge in [-0.05, 0) is 38.6 Å². The van der Waals surface area contributed by atoms with Gasteiger partial charge in [-0.2, -0.15) is 0 Å². The SMILES string of the molecule is NCC[C@H](O)C(=O)OC1CCCC1. The summed E-state index contributed by atoms with van der Waals surface area (Å²) in [6.07, 6.45) is 3.37. The largest absolute Gasteiger partial charge is 0.460 e. The molecule has 1 aliphatic rings. The first-order valence-electron chi connectivity index (χ1n) is 4.82. The van der Waals surface area contributed by atoms with E-state index in [1.165, 1.54) is 0 Å². The zero-order valence-electron chi connectivity index (χ0n) is 7.74. The van der Waals surface area contributed by atoms with Gasteiger partial charge in [0.2, 0.25) is 0 Å². The Kier molecular flexibility index (Phi) is 4.18. The molecule has 13 heavy (non-hydrogen) atoms. The molecule has 0 aliphatic heterocycles. The highest BCUT2D eigenvalue weighted by Gasteiger charge is 2.23. The standard InChI is InChI=1S/C9H17NO3/c10-6-5-8(11)9(12)13-7-3-1-2-4-7/h7-8,11H,1-6,10H2/t8-/m0/s1. The van der Waals surface area contributed by atoms with E-state index in [4.69, 9.17) is 10.5 Å². The molecular weight excluding hydrogens is 170 g/mol. The van der Waals surface area contributed by atoms with Gasteiger partial charge in [0.05, 0.1) is 0 Å². The molecule has 0 heterocycles.